The van der Waals surface area contributed by atoms with Gasteiger partial charge in [0.15, 0.2) is 0 Å². The van der Waals surface area contributed by atoms with E-state index in [0.29, 0.717) is 23.5 Å². The normalized spacial score (nSPS) is 11.7. The summed E-state index contributed by atoms with van der Waals surface area (Å²) in [4.78, 5) is 23.0. The predicted octanol–water partition coefficient (Wildman–Crippen LogP) is 1.63. The molecule has 6 heteroatoms. The fraction of sp³-hybridized carbons (Fsp3) is 0.385. The fourth-order valence-corrected chi connectivity index (χ4v) is 1.97. The van der Waals surface area contributed by atoms with Crippen molar-refractivity contribution < 1.29 is 19.4 Å². The van der Waals surface area contributed by atoms with E-state index < -0.39 is 17.9 Å². The molecular formula is C13H17NO4S. The van der Waals surface area contributed by atoms with Crippen LogP contribution in [0.25, 0.3) is 0 Å². The maximum absolute atomic E-state index is 12.0. The third-order valence-electron chi connectivity index (χ3n) is 2.55. The molecule has 0 unspecified atom stereocenters. The average Bonchev–Trinajstić information content (AvgIpc) is 2.42. The van der Waals surface area contributed by atoms with Crippen molar-refractivity contribution in [3.63, 3.8) is 0 Å². The molecule has 1 aromatic rings. The Labute approximate surface area is 116 Å². The van der Waals surface area contributed by atoms with Crippen LogP contribution in [0.2, 0.25) is 0 Å². The highest BCUT2D eigenvalue weighted by atomic mass is 32.2. The smallest absolute Gasteiger partial charge is 0.326 e. The minimum Gasteiger partial charge on any atom is -0.497 e. The molecule has 5 nitrogen and oxygen atoms in total. The van der Waals surface area contributed by atoms with Gasteiger partial charge in [0.25, 0.3) is 5.91 Å². The van der Waals surface area contributed by atoms with Crippen LogP contribution in [0, 0.1) is 0 Å². The van der Waals surface area contributed by atoms with Gasteiger partial charge in [0.05, 0.1) is 7.11 Å². The van der Waals surface area contributed by atoms with E-state index in [-0.39, 0.29) is 0 Å². The number of carbonyl (C=O) groups excluding carboxylic acids is 1. The van der Waals surface area contributed by atoms with Gasteiger partial charge < -0.3 is 15.2 Å². The molecule has 0 spiro atoms. The van der Waals surface area contributed by atoms with Gasteiger partial charge in [0.1, 0.15) is 11.8 Å². The number of carboxylic acids is 1. The second-order valence-corrected chi connectivity index (χ2v) is 4.86. The number of hydrogen-bond acceptors (Lipinski definition) is 4. The molecule has 0 fully saturated rings. The number of benzene rings is 1. The van der Waals surface area contributed by atoms with Crippen LogP contribution in [0.5, 0.6) is 5.75 Å². The van der Waals surface area contributed by atoms with Crippen molar-refractivity contribution in [3.05, 3.63) is 29.8 Å². The number of ether oxygens (including phenoxy) is 1. The summed E-state index contributed by atoms with van der Waals surface area (Å²) in [6.07, 6.45) is 2.29. The molecule has 0 saturated carbocycles. The molecule has 1 rings (SSSR count). The first-order valence-corrected chi connectivity index (χ1v) is 7.14. The van der Waals surface area contributed by atoms with E-state index in [1.807, 2.05) is 6.26 Å². The number of carbonyl (C=O) groups is 2. The molecule has 1 aromatic carbocycles. The lowest BCUT2D eigenvalue weighted by molar-refractivity contribution is -0.139. The lowest BCUT2D eigenvalue weighted by Crippen LogP contribution is -2.41. The number of hydrogen-bond donors (Lipinski definition) is 2. The molecule has 0 aliphatic heterocycles. The van der Waals surface area contributed by atoms with Crippen molar-refractivity contribution >= 4 is 23.6 Å². The summed E-state index contributed by atoms with van der Waals surface area (Å²) in [5.74, 6) is -0.198. The number of amides is 1. The first kappa shape index (κ1) is 15.4. The Kier molecular flexibility index (Phi) is 6.21. The van der Waals surface area contributed by atoms with Crippen molar-refractivity contribution in [2.75, 3.05) is 19.1 Å². The maximum atomic E-state index is 12.0. The minimum absolute atomic E-state index is 0.384. The van der Waals surface area contributed by atoms with E-state index in [9.17, 15) is 9.59 Å². The Morgan fingerprint density at radius 2 is 2.21 bits per heavy atom. The van der Waals surface area contributed by atoms with Gasteiger partial charge in [-0.1, -0.05) is 6.07 Å². The van der Waals surface area contributed by atoms with Gasteiger partial charge in [-0.15, -0.1) is 0 Å². The number of thioether (sulfide) groups is 1. The third-order valence-corrected chi connectivity index (χ3v) is 3.19. The summed E-state index contributed by atoms with van der Waals surface area (Å²) in [6, 6.07) is 5.73. The van der Waals surface area contributed by atoms with Gasteiger partial charge in [-0.25, -0.2) is 4.79 Å². The van der Waals surface area contributed by atoms with E-state index in [2.05, 4.69) is 5.32 Å². The van der Waals surface area contributed by atoms with Crippen molar-refractivity contribution in [2.24, 2.45) is 0 Å². The van der Waals surface area contributed by atoms with E-state index in [0.717, 1.165) is 0 Å². The molecule has 0 aliphatic rings. The molecule has 0 radical (unpaired) electrons. The fourth-order valence-electron chi connectivity index (χ4n) is 1.50. The van der Waals surface area contributed by atoms with Crippen LogP contribution in [0.15, 0.2) is 24.3 Å². The summed E-state index contributed by atoms with van der Waals surface area (Å²) in [5.41, 5.74) is 0.384. The first-order chi connectivity index (χ1) is 9.08. The van der Waals surface area contributed by atoms with Crippen LogP contribution in [0.1, 0.15) is 16.8 Å². The van der Waals surface area contributed by atoms with Crippen LogP contribution < -0.4 is 10.1 Å². The second-order valence-electron chi connectivity index (χ2n) is 3.88. The number of methoxy groups -OCH3 is 1. The van der Waals surface area contributed by atoms with Crippen molar-refractivity contribution in [1.29, 1.82) is 0 Å². The van der Waals surface area contributed by atoms with Crippen LogP contribution in [-0.4, -0.2) is 42.1 Å². The van der Waals surface area contributed by atoms with Gasteiger partial charge in [0.2, 0.25) is 0 Å². The second kappa shape index (κ2) is 7.68. The SMILES string of the molecule is COc1cccc(C(=O)N[C@H](CCSC)C(=O)O)c1. The third kappa shape index (κ3) is 4.82. The Morgan fingerprint density at radius 1 is 1.47 bits per heavy atom. The zero-order valence-electron chi connectivity index (χ0n) is 10.9. The zero-order valence-corrected chi connectivity index (χ0v) is 11.7. The lowest BCUT2D eigenvalue weighted by Gasteiger charge is -2.14. The summed E-state index contributed by atoms with van der Waals surface area (Å²) >= 11 is 1.54. The first-order valence-electron chi connectivity index (χ1n) is 5.75. The molecule has 0 aliphatic carbocycles. The van der Waals surface area contributed by atoms with E-state index in [4.69, 9.17) is 9.84 Å². The predicted molar refractivity (Wildman–Crippen MR) is 74.9 cm³/mol. The molecule has 0 heterocycles. The molecule has 104 valence electrons. The highest BCUT2D eigenvalue weighted by molar-refractivity contribution is 7.98. The van der Waals surface area contributed by atoms with Crippen LogP contribution in [0.4, 0.5) is 0 Å². The number of aliphatic carboxylic acids is 1. The Bertz CT molecular complexity index is 450. The number of nitrogens with one attached hydrogen (secondary N) is 1. The largest absolute Gasteiger partial charge is 0.497 e. The molecule has 0 bridgehead atoms. The Hall–Kier alpha value is -1.69. The molecule has 1 amide bonds. The maximum Gasteiger partial charge on any atom is 0.326 e. The number of rotatable bonds is 7. The molecule has 19 heavy (non-hydrogen) atoms. The zero-order chi connectivity index (χ0) is 14.3. The highest BCUT2D eigenvalue weighted by Crippen LogP contribution is 2.13. The van der Waals surface area contributed by atoms with Crippen LogP contribution in [0.3, 0.4) is 0 Å². The summed E-state index contributed by atoms with van der Waals surface area (Å²) in [5, 5.41) is 11.6. The van der Waals surface area contributed by atoms with Crippen LogP contribution >= 0.6 is 11.8 Å². The van der Waals surface area contributed by atoms with Gasteiger partial charge in [-0.2, -0.15) is 11.8 Å². The number of carboxylic acid groups (broad SMARTS) is 1. The Balaban J connectivity index is 2.72. The average molecular weight is 283 g/mol. The van der Waals surface area contributed by atoms with Crippen molar-refractivity contribution in [2.45, 2.75) is 12.5 Å². The van der Waals surface area contributed by atoms with Gasteiger partial charge in [-0.3, -0.25) is 4.79 Å². The van der Waals surface area contributed by atoms with Gasteiger partial charge in [-0.05, 0) is 36.6 Å². The summed E-state index contributed by atoms with van der Waals surface area (Å²) < 4.78 is 5.02. The van der Waals surface area contributed by atoms with E-state index in [1.165, 1.54) is 7.11 Å². The standard InChI is InChI=1S/C13H17NO4S/c1-18-10-5-3-4-9(8-10)12(15)14-11(13(16)17)6-7-19-2/h3-5,8,11H,6-7H2,1-2H3,(H,14,15)(H,16,17)/t11-/m1/s1. The van der Waals surface area contributed by atoms with Gasteiger partial charge >= 0.3 is 5.97 Å². The summed E-state index contributed by atoms with van der Waals surface area (Å²) in [7, 11) is 1.51. The van der Waals surface area contributed by atoms with E-state index >= 15 is 0 Å². The van der Waals surface area contributed by atoms with Gasteiger partial charge in [0, 0.05) is 5.56 Å². The molecule has 2 N–H and O–H groups in total. The quantitative estimate of drug-likeness (QED) is 0.795. The van der Waals surface area contributed by atoms with Crippen molar-refractivity contribution in [3.8, 4) is 5.75 Å². The van der Waals surface area contributed by atoms with E-state index in [1.54, 1.807) is 36.0 Å². The Morgan fingerprint density at radius 3 is 2.79 bits per heavy atom. The minimum atomic E-state index is -1.02. The summed E-state index contributed by atoms with van der Waals surface area (Å²) in [6.45, 7) is 0. The van der Waals surface area contributed by atoms with Crippen molar-refractivity contribution in [1.82, 2.24) is 5.32 Å². The topological polar surface area (TPSA) is 75.6 Å². The molecule has 0 aromatic heterocycles. The molecule has 1 atom stereocenters. The van der Waals surface area contributed by atoms with Crippen LogP contribution in [-0.2, 0) is 4.79 Å². The monoisotopic (exact) mass is 283 g/mol. The molecular weight excluding hydrogens is 266 g/mol. The lowest BCUT2D eigenvalue weighted by atomic mass is 10.1. The molecule has 0 saturated heterocycles. The highest BCUT2D eigenvalue weighted by Gasteiger charge is 2.20.